The minimum atomic E-state index is -1.01. The number of benzene rings is 1. The minimum absolute atomic E-state index is 0.157. The quantitative estimate of drug-likeness (QED) is 0.664. The van der Waals surface area contributed by atoms with Crippen LogP contribution in [-0.2, 0) is 4.79 Å². The second-order valence-electron chi connectivity index (χ2n) is 8.35. The van der Waals surface area contributed by atoms with E-state index in [-0.39, 0.29) is 25.0 Å². The van der Waals surface area contributed by atoms with Crippen molar-refractivity contribution in [2.45, 2.75) is 52.1 Å². The van der Waals surface area contributed by atoms with Crippen LogP contribution in [0.3, 0.4) is 0 Å². The van der Waals surface area contributed by atoms with Gasteiger partial charge in [0, 0.05) is 17.5 Å². The molecule has 2 N–H and O–H groups in total. The zero-order valence-corrected chi connectivity index (χ0v) is 19.4. The zero-order valence-electron chi connectivity index (χ0n) is 17.9. The lowest BCUT2D eigenvalue weighted by molar-refractivity contribution is -0.119. The molecule has 3 rings (SSSR count). The van der Waals surface area contributed by atoms with Crippen LogP contribution in [0.4, 0.5) is 5.13 Å². The van der Waals surface area contributed by atoms with Crippen molar-refractivity contribution in [3.05, 3.63) is 33.3 Å². The van der Waals surface area contributed by atoms with Crippen LogP contribution in [-0.4, -0.2) is 58.0 Å². The number of halogens is 1. The van der Waals surface area contributed by atoms with Crippen LogP contribution in [0.1, 0.15) is 48.7 Å². The predicted octanol–water partition coefficient (Wildman–Crippen LogP) is 3.78. The Bertz CT molecular complexity index is 881. The van der Waals surface area contributed by atoms with Crippen LogP contribution in [0.2, 0.25) is 5.02 Å². The molecule has 164 valence electrons. The van der Waals surface area contributed by atoms with Crippen molar-refractivity contribution < 1.29 is 14.6 Å². The average molecular weight is 453 g/mol. The third-order valence-electron chi connectivity index (χ3n) is 5.10. The fraction of sp³-hybridized carbons (Fsp3) is 0.571. The number of nitrogens with zero attached hydrogens (tertiary/aromatic N) is 3. The largest absolute Gasteiger partial charge is 0.491 e. The first kappa shape index (κ1) is 22.9. The number of hydrogen-bond acceptors (Lipinski definition) is 7. The highest BCUT2D eigenvalue weighted by Gasteiger charge is 2.35. The highest BCUT2D eigenvalue weighted by atomic mass is 35.5. The van der Waals surface area contributed by atoms with Crippen LogP contribution in [0.5, 0.6) is 5.75 Å². The van der Waals surface area contributed by atoms with Gasteiger partial charge in [-0.25, -0.2) is 0 Å². The van der Waals surface area contributed by atoms with Crippen molar-refractivity contribution in [2.24, 2.45) is 0 Å². The van der Waals surface area contributed by atoms with Crippen molar-refractivity contribution in [3.8, 4) is 5.75 Å². The van der Waals surface area contributed by atoms with Gasteiger partial charge >= 0.3 is 0 Å². The lowest BCUT2D eigenvalue weighted by Gasteiger charge is -2.38. The number of piperidine rings is 1. The zero-order chi connectivity index (χ0) is 21.9. The second-order valence-corrected chi connectivity index (χ2v) is 9.73. The van der Waals surface area contributed by atoms with Gasteiger partial charge in [0.25, 0.3) is 0 Å². The van der Waals surface area contributed by atoms with E-state index in [1.165, 1.54) is 11.3 Å². The SMILES string of the molecule is Cc1cc(OCC2(O)CCCN(CC(=O)Nc3nnc(C(C)C)s3)C2)cc(C)c1Cl. The number of likely N-dealkylation sites (tertiary alicyclic amines) is 1. The van der Waals surface area contributed by atoms with Gasteiger partial charge < -0.3 is 9.84 Å². The summed E-state index contributed by atoms with van der Waals surface area (Å²) >= 11 is 7.60. The Morgan fingerprint density at radius 1 is 1.37 bits per heavy atom. The summed E-state index contributed by atoms with van der Waals surface area (Å²) in [5, 5.41) is 24.1. The summed E-state index contributed by atoms with van der Waals surface area (Å²) in [6.07, 6.45) is 1.42. The smallest absolute Gasteiger partial charge is 0.240 e. The Balaban J connectivity index is 1.54. The Morgan fingerprint density at radius 2 is 2.07 bits per heavy atom. The molecule has 0 aliphatic carbocycles. The molecule has 0 bridgehead atoms. The molecule has 2 aromatic rings. The number of carbonyl (C=O) groups is 1. The summed E-state index contributed by atoms with van der Waals surface area (Å²) in [4.78, 5) is 14.4. The van der Waals surface area contributed by atoms with Gasteiger partial charge in [-0.3, -0.25) is 15.0 Å². The number of rotatable bonds is 7. The van der Waals surface area contributed by atoms with Gasteiger partial charge in [-0.05, 0) is 56.5 Å². The molecule has 1 aromatic carbocycles. The first-order chi connectivity index (χ1) is 14.1. The third-order valence-corrected chi connectivity index (χ3v) is 6.84. The topological polar surface area (TPSA) is 87.6 Å². The lowest BCUT2D eigenvalue weighted by Crippen LogP contribution is -2.53. The lowest BCUT2D eigenvalue weighted by atomic mass is 9.93. The Kier molecular flexibility index (Phi) is 7.34. The van der Waals surface area contributed by atoms with E-state index in [1.807, 2.05) is 44.7 Å². The minimum Gasteiger partial charge on any atom is -0.491 e. The van der Waals surface area contributed by atoms with E-state index in [2.05, 4.69) is 15.5 Å². The summed E-state index contributed by atoms with van der Waals surface area (Å²) in [5.41, 5.74) is 0.879. The van der Waals surface area contributed by atoms with Gasteiger partial charge in [0.05, 0.1) is 6.54 Å². The van der Waals surface area contributed by atoms with Crippen LogP contribution >= 0.6 is 22.9 Å². The molecule has 0 radical (unpaired) electrons. The maximum atomic E-state index is 12.4. The molecule has 7 nitrogen and oxygen atoms in total. The molecule has 1 atom stereocenters. The van der Waals surface area contributed by atoms with Crippen LogP contribution in [0, 0.1) is 13.8 Å². The molecular formula is C21H29ClN4O3S. The van der Waals surface area contributed by atoms with Crippen molar-refractivity contribution in [3.63, 3.8) is 0 Å². The number of aryl methyl sites for hydroxylation is 2. The van der Waals surface area contributed by atoms with E-state index in [1.54, 1.807) is 0 Å². The fourth-order valence-corrected chi connectivity index (χ4v) is 4.42. The molecule has 1 fully saturated rings. The number of β-amino-alcohol motifs (C(OH)–C–C–N with tert-alkyl or cyclic N) is 1. The van der Waals surface area contributed by atoms with Gasteiger partial charge in [0.15, 0.2) is 0 Å². The van der Waals surface area contributed by atoms with Gasteiger partial charge in [0.1, 0.15) is 23.0 Å². The van der Waals surface area contributed by atoms with E-state index in [4.69, 9.17) is 16.3 Å². The normalized spacial score (nSPS) is 19.8. The molecule has 9 heteroatoms. The maximum Gasteiger partial charge on any atom is 0.240 e. The Morgan fingerprint density at radius 3 is 2.70 bits per heavy atom. The van der Waals surface area contributed by atoms with E-state index >= 15 is 0 Å². The summed E-state index contributed by atoms with van der Waals surface area (Å²) < 4.78 is 5.89. The molecule has 0 saturated carbocycles. The van der Waals surface area contributed by atoms with Gasteiger partial charge in [0.2, 0.25) is 11.0 Å². The third kappa shape index (κ3) is 5.91. The molecule has 1 unspecified atom stereocenters. The summed E-state index contributed by atoms with van der Waals surface area (Å²) in [5.74, 6) is 0.809. The van der Waals surface area contributed by atoms with Gasteiger partial charge in [-0.1, -0.05) is 36.8 Å². The molecular weight excluding hydrogens is 424 g/mol. The number of nitrogens with one attached hydrogen (secondary N) is 1. The van der Waals surface area contributed by atoms with Crippen LogP contribution < -0.4 is 10.1 Å². The van der Waals surface area contributed by atoms with Gasteiger partial charge in [-0.2, -0.15) is 0 Å². The van der Waals surface area contributed by atoms with E-state index in [0.717, 1.165) is 34.1 Å². The summed E-state index contributed by atoms with van der Waals surface area (Å²) in [6.45, 7) is 9.42. The second kappa shape index (κ2) is 9.60. The summed E-state index contributed by atoms with van der Waals surface area (Å²) in [7, 11) is 0. The predicted molar refractivity (Wildman–Crippen MR) is 120 cm³/mol. The molecule has 1 amide bonds. The molecule has 1 aromatic heterocycles. The average Bonchev–Trinajstić information content (AvgIpc) is 3.13. The first-order valence-corrected chi connectivity index (χ1v) is 11.3. The first-order valence-electron chi connectivity index (χ1n) is 10.1. The van der Waals surface area contributed by atoms with E-state index in [9.17, 15) is 9.90 Å². The number of carbonyl (C=O) groups excluding carboxylic acids is 1. The van der Waals surface area contributed by atoms with Crippen LogP contribution in [0.15, 0.2) is 12.1 Å². The molecule has 1 aliphatic rings. The molecule has 1 saturated heterocycles. The van der Waals surface area contributed by atoms with Crippen molar-refractivity contribution in [2.75, 3.05) is 31.6 Å². The standard InChI is InChI=1S/C21H29ClN4O3S/c1-13(2)19-24-25-20(30-19)23-17(27)10-26-7-5-6-21(28,11-26)12-29-16-8-14(3)18(22)15(4)9-16/h8-9,13,28H,5-7,10-12H2,1-4H3,(H,23,25,27). The van der Waals surface area contributed by atoms with E-state index < -0.39 is 5.60 Å². The number of amides is 1. The highest BCUT2D eigenvalue weighted by Crippen LogP contribution is 2.28. The fourth-order valence-electron chi connectivity index (χ4n) is 3.55. The number of aliphatic hydroxyl groups is 1. The Labute approximate surface area is 186 Å². The number of ether oxygens (including phenoxy) is 1. The molecule has 1 aliphatic heterocycles. The molecule has 30 heavy (non-hydrogen) atoms. The van der Waals surface area contributed by atoms with Crippen molar-refractivity contribution in [1.82, 2.24) is 15.1 Å². The van der Waals surface area contributed by atoms with Crippen LogP contribution in [0.25, 0.3) is 0 Å². The maximum absolute atomic E-state index is 12.4. The molecule has 2 heterocycles. The van der Waals surface area contributed by atoms with Crippen molar-refractivity contribution in [1.29, 1.82) is 0 Å². The van der Waals surface area contributed by atoms with Gasteiger partial charge in [-0.15, -0.1) is 10.2 Å². The number of aromatic nitrogens is 2. The number of anilines is 1. The van der Waals surface area contributed by atoms with Crippen molar-refractivity contribution >= 4 is 34.0 Å². The number of hydrogen-bond donors (Lipinski definition) is 2. The Hall–Kier alpha value is -1.74. The monoisotopic (exact) mass is 452 g/mol. The van der Waals surface area contributed by atoms with E-state index in [0.29, 0.717) is 23.8 Å². The molecule has 0 spiro atoms. The summed E-state index contributed by atoms with van der Waals surface area (Å²) in [6, 6.07) is 3.75. The highest BCUT2D eigenvalue weighted by molar-refractivity contribution is 7.15.